The molecule has 1 fully saturated rings. The Hall–Kier alpha value is -0.980. The van der Waals surface area contributed by atoms with Crippen molar-refractivity contribution in [3.63, 3.8) is 0 Å². The lowest BCUT2D eigenvalue weighted by molar-refractivity contribution is 0.577. The van der Waals surface area contributed by atoms with Gasteiger partial charge >= 0.3 is 0 Å². The van der Waals surface area contributed by atoms with E-state index >= 15 is 0 Å². The maximum Gasteiger partial charge on any atom is 0.170 e. The summed E-state index contributed by atoms with van der Waals surface area (Å²) < 4.78 is 15.6. The van der Waals surface area contributed by atoms with Crippen molar-refractivity contribution in [1.29, 1.82) is 0 Å². The second-order valence-corrected chi connectivity index (χ2v) is 7.67. The summed E-state index contributed by atoms with van der Waals surface area (Å²) in [5.41, 5.74) is 1.84. The SMILES string of the molecule is CN(Cc1csc(Br)c1)c1nccc(CNC2CC2)c1F. The summed E-state index contributed by atoms with van der Waals surface area (Å²) in [7, 11) is 1.87. The summed E-state index contributed by atoms with van der Waals surface area (Å²) in [5, 5.41) is 5.41. The molecule has 1 saturated carbocycles. The molecule has 0 aliphatic heterocycles. The molecule has 1 aliphatic rings. The number of pyridine rings is 1. The van der Waals surface area contributed by atoms with Gasteiger partial charge < -0.3 is 10.2 Å². The van der Waals surface area contributed by atoms with Crippen molar-refractivity contribution in [3.8, 4) is 0 Å². The van der Waals surface area contributed by atoms with Crippen molar-refractivity contribution in [2.75, 3.05) is 11.9 Å². The molecule has 0 amide bonds. The van der Waals surface area contributed by atoms with Crippen molar-refractivity contribution in [2.24, 2.45) is 0 Å². The van der Waals surface area contributed by atoms with Gasteiger partial charge in [-0.05, 0) is 51.8 Å². The van der Waals surface area contributed by atoms with Gasteiger partial charge in [0.05, 0.1) is 3.79 Å². The van der Waals surface area contributed by atoms with Crippen LogP contribution in [0.25, 0.3) is 0 Å². The first-order valence-corrected chi connectivity index (χ1v) is 8.61. The van der Waals surface area contributed by atoms with Gasteiger partial charge in [0.25, 0.3) is 0 Å². The van der Waals surface area contributed by atoms with E-state index in [2.05, 4.69) is 37.7 Å². The van der Waals surface area contributed by atoms with Gasteiger partial charge in [0.15, 0.2) is 11.6 Å². The molecule has 1 aliphatic carbocycles. The predicted octanol–water partition coefficient (Wildman–Crippen LogP) is 3.93. The van der Waals surface area contributed by atoms with Crippen LogP contribution in [0, 0.1) is 5.82 Å². The highest BCUT2D eigenvalue weighted by molar-refractivity contribution is 9.11. The summed E-state index contributed by atoms with van der Waals surface area (Å²) in [5.74, 6) is 0.190. The van der Waals surface area contributed by atoms with E-state index in [-0.39, 0.29) is 5.82 Å². The van der Waals surface area contributed by atoms with E-state index in [1.165, 1.54) is 12.8 Å². The van der Waals surface area contributed by atoms with Crippen molar-refractivity contribution in [1.82, 2.24) is 10.3 Å². The van der Waals surface area contributed by atoms with Gasteiger partial charge in [-0.15, -0.1) is 11.3 Å². The Kier molecular flexibility index (Phi) is 4.57. The largest absolute Gasteiger partial charge is 0.353 e. The topological polar surface area (TPSA) is 28.2 Å². The lowest BCUT2D eigenvalue weighted by Gasteiger charge is -2.19. The second-order valence-electron chi connectivity index (χ2n) is 5.38. The minimum atomic E-state index is -0.220. The zero-order valence-electron chi connectivity index (χ0n) is 11.8. The standard InChI is InChI=1S/C15H17BrFN3S/c1-20(8-10-6-13(16)21-9-10)15-14(17)11(4-5-18-15)7-19-12-2-3-12/h4-6,9,12,19H,2-3,7-8H2,1H3. The number of anilines is 1. The van der Waals surface area contributed by atoms with Crippen LogP contribution in [0.4, 0.5) is 10.2 Å². The zero-order valence-corrected chi connectivity index (χ0v) is 14.2. The molecule has 3 nitrogen and oxygen atoms in total. The molecule has 112 valence electrons. The fraction of sp³-hybridized carbons (Fsp3) is 0.400. The van der Waals surface area contributed by atoms with Gasteiger partial charge in [-0.2, -0.15) is 0 Å². The number of nitrogens with zero attached hydrogens (tertiary/aromatic N) is 2. The van der Waals surface area contributed by atoms with E-state index in [4.69, 9.17) is 0 Å². The Morgan fingerprint density at radius 1 is 1.52 bits per heavy atom. The highest BCUT2D eigenvalue weighted by Crippen LogP contribution is 2.25. The lowest BCUT2D eigenvalue weighted by Crippen LogP contribution is -2.21. The average Bonchev–Trinajstić information content (AvgIpc) is 3.20. The smallest absolute Gasteiger partial charge is 0.170 e. The van der Waals surface area contributed by atoms with Crippen LogP contribution in [-0.2, 0) is 13.1 Å². The molecule has 0 atom stereocenters. The maximum atomic E-state index is 14.6. The first kappa shape index (κ1) is 14.9. The molecule has 6 heteroatoms. The van der Waals surface area contributed by atoms with Gasteiger partial charge in [0.1, 0.15) is 0 Å². The van der Waals surface area contributed by atoms with Crippen LogP contribution in [0.3, 0.4) is 0 Å². The Morgan fingerprint density at radius 2 is 2.33 bits per heavy atom. The molecule has 2 aromatic rings. The minimum absolute atomic E-state index is 0.220. The summed E-state index contributed by atoms with van der Waals surface area (Å²) in [6, 6.07) is 4.38. The number of rotatable bonds is 6. The quantitative estimate of drug-likeness (QED) is 0.835. The fourth-order valence-corrected chi connectivity index (χ4v) is 3.39. The maximum absolute atomic E-state index is 14.6. The Labute approximate surface area is 136 Å². The van der Waals surface area contributed by atoms with Gasteiger partial charge in [-0.1, -0.05) is 0 Å². The van der Waals surface area contributed by atoms with E-state index in [9.17, 15) is 4.39 Å². The number of aromatic nitrogens is 1. The summed E-state index contributed by atoms with van der Waals surface area (Å²) in [6.07, 6.45) is 4.08. The van der Waals surface area contributed by atoms with Gasteiger partial charge in [-0.25, -0.2) is 9.37 Å². The highest BCUT2D eigenvalue weighted by Gasteiger charge is 2.21. The summed E-state index contributed by atoms with van der Waals surface area (Å²) in [4.78, 5) is 6.05. The van der Waals surface area contributed by atoms with E-state index in [0.717, 1.165) is 9.35 Å². The molecule has 3 rings (SSSR count). The number of halogens is 2. The Balaban J connectivity index is 1.72. The molecular formula is C15H17BrFN3S. The van der Waals surface area contributed by atoms with E-state index in [0.29, 0.717) is 30.5 Å². The minimum Gasteiger partial charge on any atom is -0.353 e. The number of nitrogens with one attached hydrogen (secondary N) is 1. The highest BCUT2D eigenvalue weighted by atomic mass is 79.9. The van der Waals surface area contributed by atoms with Gasteiger partial charge in [0.2, 0.25) is 0 Å². The molecule has 0 unspecified atom stereocenters. The van der Waals surface area contributed by atoms with Crippen LogP contribution in [0.2, 0.25) is 0 Å². The van der Waals surface area contributed by atoms with Crippen LogP contribution in [0.1, 0.15) is 24.0 Å². The van der Waals surface area contributed by atoms with Crippen molar-refractivity contribution in [3.05, 3.63) is 44.4 Å². The van der Waals surface area contributed by atoms with Crippen molar-refractivity contribution in [2.45, 2.75) is 32.0 Å². The molecular weight excluding hydrogens is 353 g/mol. The van der Waals surface area contributed by atoms with Gasteiger partial charge in [0, 0.05) is 37.9 Å². The number of thiophene rings is 1. The summed E-state index contributed by atoms with van der Waals surface area (Å²) in [6.45, 7) is 1.22. The zero-order chi connectivity index (χ0) is 14.8. The Morgan fingerprint density at radius 3 is 3.00 bits per heavy atom. The van der Waals surface area contributed by atoms with E-state index in [1.807, 2.05) is 11.9 Å². The van der Waals surface area contributed by atoms with Crippen LogP contribution in [0.15, 0.2) is 27.5 Å². The number of hydrogen-bond acceptors (Lipinski definition) is 4. The third kappa shape index (κ3) is 3.81. The molecule has 1 N–H and O–H groups in total. The molecule has 2 aromatic heterocycles. The average molecular weight is 370 g/mol. The van der Waals surface area contributed by atoms with Crippen LogP contribution < -0.4 is 10.2 Å². The molecule has 0 aromatic carbocycles. The number of hydrogen-bond donors (Lipinski definition) is 1. The first-order valence-electron chi connectivity index (χ1n) is 6.94. The third-order valence-corrected chi connectivity index (χ3v) is 5.07. The van der Waals surface area contributed by atoms with E-state index < -0.39 is 0 Å². The molecule has 21 heavy (non-hydrogen) atoms. The first-order chi connectivity index (χ1) is 10.1. The third-order valence-electron chi connectivity index (χ3n) is 3.51. The molecule has 0 bridgehead atoms. The van der Waals surface area contributed by atoms with Crippen LogP contribution >= 0.6 is 27.3 Å². The van der Waals surface area contributed by atoms with Crippen LogP contribution in [-0.4, -0.2) is 18.1 Å². The molecule has 0 spiro atoms. The predicted molar refractivity (Wildman–Crippen MR) is 88.2 cm³/mol. The Bertz CT molecular complexity index is 627. The fourth-order valence-electron chi connectivity index (χ4n) is 2.19. The van der Waals surface area contributed by atoms with Gasteiger partial charge in [-0.3, -0.25) is 0 Å². The second kappa shape index (κ2) is 6.42. The molecule has 0 radical (unpaired) electrons. The lowest BCUT2D eigenvalue weighted by atomic mass is 10.2. The van der Waals surface area contributed by atoms with E-state index in [1.54, 1.807) is 23.6 Å². The van der Waals surface area contributed by atoms with Crippen molar-refractivity contribution < 1.29 is 4.39 Å². The van der Waals surface area contributed by atoms with Crippen molar-refractivity contribution >= 4 is 33.1 Å². The monoisotopic (exact) mass is 369 g/mol. The summed E-state index contributed by atoms with van der Waals surface area (Å²) >= 11 is 5.08. The van der Waals surface area contributed by atoms with Crippen LogP contribution in [0.5, 0.6) is 0 Å². The molecule has 2 heterocycles. The molecule has 0 saturated heterocycles. The normalized spacial score (nSPS) is 14.4.